The molecule has 0 fully saturated rings. The van der Waals surface area contributed by atoms with Crippen LogP contribution in [0.5, 0.6) is 11.5 Å². The van der Waals surface area contributed by atoms with Crippen LogP contribution >= 0.6 is 23.2 Å². The smallest absolute Gasteiger partial charge is 0.243 e. The van der Waals surface area contributed by atoms with Gasteiger partial charge in [0.15, 0.2) is 11.5 Å². The lowest BCUT2D eigenvalue weighted by molar-refractivity contribution is -0.141. The van der Waals surface area contributed by atoms with Crippen molar-refractivity contribution >= 4 is 35.0 Å². The van der Waals surface area contributed by atoms with Crippen molar-refractivity contribution in [3.63, 3.8) is 0 Å². The fourth-order valence-corrected chi connectivity index (χ4v) is 4.86. The van der Waals surface area contributed by atoms with Gasteiger partial charge in [0.2, 0.25) is 11.8 Å². The molecule has 3 rings (SSSR count). The van der Waals surface area contributed by atoms with Gasteiger partial charge < -0.3 is 19.7 Å². The van der Waals surface area contributed by atoms with Crippen molar-refractivity contribution in [3.05, 3.63) is 93.5 Å². The number of hydrogen-bond acceptors (Lipinski definition) is 4. The van der Waals surface area contributed by atoms with E-state index in [1.54, 1.807) is 23.1 Å². The number of halogens is 2. The zero-order valence-electron chi connectivity index (χ0n) is 22.7. The quantitative estimate of drug-likeness (QED) is 0.240. The van der Waals surface area contributed by atoms with Gasteiger partial charge in [0.1, 0.15) is 6.04 Å². The van der Waals surface area contributed by atoms with Crippen LogP contribution in [0, 0.1) is 0 Å². The molecule has 0 spiro atoms. The van der Waals surface area contributed by atoms with E-state index in [-0.39, 0.29) is 24.8 Å². The van der Waals surface area contributed by atoms with Crippen LogP contribution in [0.15, 0.2) is 66.7 Å². The van der Waals surface area contributed by atoms with Crippen molar-refractivity contribution in [3.8, 4) is 11.5 Å². The molecule has 0 aliphatic rings. The van der Waals surface area contributed by atoms with E-state index in [9.17, 15) is 9.59 Å². The lowest BCUT2D eigenvalue weighted by atomic mass is 10.0. The van der Waals surface area contributed by atoms with Gasteiger partial charge in [-0.25, -0.2) is 0 Å². The molecule has 0 saturated heterocycles. The van der Waals surface area contributed by atoms with Crippen LogP contribution in [0.1, 0.15) is 43.9 Å². The van der Waals surface area contributed by atoms with Crippen molar-refractivity contribution in [2.24, 2.45) is 0 Å². The first kappa shape index (κ1) is 30.3. The largest absolute Gasteiger partial charge is 0.490 e. The number of ether oxygens (including phenoxy) is 2. The predicted molar refractivity (Wildman–Crippen MR) is 157 cm³/mol. The summed E-state index contributed by atoms with van der Waals surface area (Å²) in [6.45, 7) is 7.28. The molecule has 6 nitrogen and oxygen atoms in total. The summed E-state index contributed by atoms with van der Waals surface area (Å²) in [6, 6.07) is 19.8. The molecule has 8 heteroatoms. The van der Waals surface area contributed by atoms with Crippen molar-refractivity contribution in [1.29, 1.82) is 0 Å². The van der Waals surface area contributed by atoms with Crippen molar-refractivity contribution in [2.45, 2.75) is 52.6 Å². The minimum atomic E-state index is -0.744. The van der Waals surface area contributed by atoms with E-state index in [0.29, 0.717) is 59.7 Å². The molecule has 0 heterocycles. The standard InChI is InChI=1S/C31H36Cl2N2O4/c1-4-34-31(37)27(19-22-11-8-7-9-12-22)35(21-24-25(32)13-10-14-26(24)33)30(36)18-16-23-15-17-28(38-5-2)29(20-23)39-6-3/h7-15,17,20,27H,4-6,16,18-19,21H2,1-3H3,(H,34,37). The normalized spacial score (nSPS) is 11.5. The Hall–Kier alpha value is -3.22. The monoisotopic (exact) mass is 570 g/mol. The highest BCUT2D eigenvalue weighted by atomic mass is 35.5. The van der Waals surface area contributed by atoms with Crippen molar-refractivity contribution in [2.75, 3.05) is 19.8 Å². The van der Waals surface area contributed by atoms with E-state index in [1.165, 1.54) is 0 Å². The van der Waals surface area contributed by atoms with E-state index < -0.39 is 6.04 Å². The average Bonchev–Trinajstić information content (AvgIpc) is 2.93. The van der Waals surface area contributed by atoms with Gasteiger partial charge >= 0.3 is 0 Å². The summed E-state index contributed by atoms with van der Waals surface area (Å²) < 4.78 is 11.4. The molecule has 1 N–H and O–H groups in total. The predicted octanol–water partition coefficient (Wildman–Crippen LogP) is 6.50. The summed E-state index contributed by atoms with van der Waals surface area (Å²) in [7, 11) is 0. The van der Waals surface area contributed by atoms with Gasteiger partial charge in [-0.2, -0.15) is 0 Å². The van der Waals surface area contributed by atoms with E-state index in [0.717, 1.165) is 11.1 Å². The Morgan fingerprint density at radius 3 is 2.15 bits per heavy atom. The number of benzene rings is 3. The maximum Gasteiger partial charge on any atom is 0.243 e. The molecule has 0 aliphatic heterocycles. The average molecular weight is 572 g/mol. The molecule has 3 aromatic rings. The van der Waals surface area contributed by atoms with Gasteiger partial charge in [-0.1, -0.05) is 65.7 Å². The Kier molecular flexibility index (Phi) is 12.0. The summed E-state index contributed by atoms with van der Waals surface area (Å²) in [6.07, 6.45) is 1.01. The summed E-state index contributed by atoms with van der Waals surface area (Å²) in [5.74, 6) is 0.916. The van der Waals surface area contributed by atoms with E-state index in [1.807, 2.05) is 69.3 Å². The van der Waals surface area contributed by atoms with Crippen molar-refractivity contribution in [1.82, 2.24) is 10.2 Å². The molecule has 1 atom stereocenters. The van der Waals surface area contributed by atoms with Crippen LogP contribution < -0.4 is 14.8 Å². The van der Waals surface area contributed by atoms with Crippen LogP contribution in [0.3, 0.4) is 0 Å². The number of likely N-dealkylation sites (N-methyl/N-ethyl adjacent to an activating group) is 1. The highest BCUT2D eigenvalue weighted by Gasteiger charge is 2.31. The van der Waals surface area contributed by atoms with E-state index >= 15 is 0 Å². The zero-order valence-corrected chi connectivity index (χ0v) is 24.2. The first-order chi connectivity index (χ1) is 18.9. The maximum atomic E-state index is 13.9. The molecule has 0 radical (unpaired) electrons. The second-order valence-corrected chi connectivity index (χ2v) is 9.78. The highest BCUT2D eigenvalue weighted by molar-refractivity contribution is 6.36. The number of carbonyl (C=O) groups excluding carboxylic acids is 2. The summed E-state index contributed by atoms with van der Waals surface area (Å²) >= 11 is 13.0. The van der Waals surface area contributed by atoms with Crippen LogP contribution in [0.2, 0.25) is 10.0 Å². The van der Waals surface area contributed by atoms with Crippen molar-refractivity contribution < 1.29 is 19.1 Å². The Morgan fingerprint density at radius 2 is 1.51 bits per heavy atom. The topological polar surface area (TPSA) is 67.9 Å². The molecule has 39 heavy (non-hydrogen) atoms. The maximum absolute atomic E-state index is 13.9. The number of rotatable bonds is 14. The van der Waals surface area contributed by atoms with Crippen LogP contribution in [0.25, 0.3) is 0 Å². The molecule has 0 aliphatic carbocycles. The first-order valence-corrected chi connectivity index (χ1v) is 14.1. The summed E-state index contributed by atoms with van der Waals surface area (Å²) in [5.41, 5.74) is 2.49. The number of amides is 2. The van der Waals surface area contributed by atoms with Gasteiger partial charge in [0, 0.05) is 41.5 Å². The Balaban J connectivity index is 1.92. The lowest BCUT2D eigenvalue weighted by Gasteiger charge is -2.32. The summed E-state index contributed by atoms with van der Waals surface area (Å²) in [4.78, 5) is 28.8. The second kappa shape index (κ2) is 15.4. The SMILES string of the molecule is CCNC(=O)C(Cc1ccccc1)N(Cc1c(Cl)cccc1Cl)C(=O)CCc1ccc(OCC)c(OCC)c1. The van der Waals surface area contributed by atoms with E-state index in [2.05, 4.69) is 5.32 Å². The lowest BCUT2D eigenvalue weighted by Crippen LogP contribution is -2.50. The Labute approximate surface area is 241 Å². The third-order valence-corrected chi connectivity index (χ3v) is 6.96. The molecular formula is C31H36Cl2N2O4. The van der Waals surface area contributed by atoms with Gasteiger partial charge in [-0.15, -0.1) is 0 Å². The molecule has 208 valence electrons. The van der Waals surface area contributed by atoms with Gasteiger partial charge in [-0.3, -0.25) is 9.59 Å². The van der Waals surface area contributed by atoms with Gasteiger partial charge in [0.05, 0.1) is 13.2 Å². The third-order valence-electron chi connectivity index (χ3n) is 6.25. The minimum Gasteiger partial charge on any atom is -0.490 e. The number of nitrogens with zero attached hydrogens (tertiary/aromatic N) is 1. The van der Waals surface area contributed by atoms with Crippen LogP contribution in [-0.2, 0) is 29.0 Å². The highest BCUT2D eigenvalue weighted by Crippen LogP contribution is 2.30. The Morgan fingerprint density at radius 1 is 0.846 bits per heavy atom. The first-order valence-electron chi connectivity index (χ1n) is 13.3. The molecule has 0 saturated carbocycles. The van der Waals surface area contributed by atoms with Gasteiger partial charge in [-0.05, 0) is 62.6 Å². The third kappa shape index (κ3) is 8.64. The molecule has 0 bridgehead atoms. The molecular weight excluding hydrogens is 535 g/mol. The number of aryl methyl sites for hydroxylation is 1. The fourth-order valence-electron chi connectivity index (χ4n) is 4.35. The second-order valence-electron chi connectivity index (χ2n) is 8.97. The van der Waals surface area contributed by atoms with Crippen LogP contribution in [0.4, 0.5) is 0 Å². The number of nitrogens with one attached hydrogen (secondary N) is 1. The molecule has 2 amide bonds. The van der Waals surface area contributed by atoms with Crippen LogP contribution in [-0.4, -0.2) is 42.5 Å². The van der Waals surface area contributed by atoms with Gasteiger partial charge in [0.25, 0.3) is 0 Å². The summed E-state index contributed by atoms with van der Waals surface area (Å²) in [5, 5.41) is 3.79. The fraction of sp³-hybridized carbons (Fsp3) is 0.355. The Bertz CT molecular complexity index is 1220. The molecule has 1 unspecified atom stereocenters. The van der Waals surface area contributed by atoms with E-state index in [4.69, 9.17) is 32.7 Å². The number of hydrogen-bond donors (Lipinski definition) is 1. The zero-order chi connectivity index (χ0) is 28.2. The molecule has 3 aromatic carbocycles. The molecule has 0 aromatic heterocycles. The number of carbonyl (C=O) groups is 2. The minimum absolute atomic E-state index is 0.111.